The van der Waals surface area contributed by atoms with Crippen LogP contribution in [0.5, 0.6) is 0 Å². The Kier molecular flexibility index (Phi) is 28.3. The molecule has 1 aliphatic heterocycles. The fourth-order valence-corrected chi connectivity index (χ4v) is 8.98. The second-order valence-electron chi connectivity index (χ2n) is 18.9. The average Bonchev–Trinajstić information content (AvgIpc) is 3.34. The minimum atomic E-state index is -1.55. The van der Waals surface area contributed by atoms with E-state index in [-0.39, 0.29) is 152 Å². The van der Waals surface area contributed by atoms with Crippen LogP contribution in [0.1, 0.15) is 63.4 Å². The molecule has 3 atom stereocenters. The molecule has 1 saturated heterocycles. The fourth-order valence-electron chi connectivity index (χ4n) is 8.98. The Bertz CT molecular complexity index is 2240. The van der Waals surface area contributed by atoms with Crippen LogP contribution in [0, 0.1) is 48.7 Å². The van der Waals surface area contributed by atoms with Gasteiger partial charge in [0.05, 0.1) is 26.2 Å². The number of hydrogen-bond acceptors (Lipinski definition) is 14. The Hall–Kier alpha value is -5.73. The molecule has 0 bridgehead atoms. The van der Waals surface area contributed by atoms with Gasteiger partial charge in [-0.3, -0.25) is 53.2 Å². The van der Waals surface area contributed by atoms with Crippen LogP contribution in [0.25, 0.3) is 10.8 Å². The molecule has 2 aliphatic rings. The van der Waals surface area contributed by atoms with Crippen molar-refractivity contribution in [2.24, 2.45) is 11.8 Å². The van der Waals surface area contributed by atoms with E-state index in [1.807, 2.05) is 47.4 Å². The predicted octanol–water partition coefficient (Wildman–Crippen LogP) is -0.378. The van der Waals surface area contributed by atoms with Gasteiger partial charge in [-0.15, -0.1) is 0 Å². The second-order valence-corrected chi connectivity index (χ2v) is 18.9. The van der Waals surface area contributed by atoms with E-state index in [0.29, 0.717) is 45.3 Å². The minimum Gasteiger partial charge on any atom is -0.481 e. The Balaban J connectivity index is 0.0000148. The third kappa shape index (κ3) is 24.7. The first-order valence-electron chi connectivity index (χ1n) is 24.9. The molecule has 1 aliphatic carbocycles. The van der Waals surface area contributed by atoms with E-state index in [9.17, 15) is 73.5 Å². The number of nitrogens with zero attached hydrogens (tertiary/aromatic N) is 4. The van der Waals surface area contributed by atoms with Gasteiger partial charge in [-0.2, -0.15) is 0 Å². The van der Waals surface area contributed by atoms with Crippen molar-refractivity contribution in [2.75, 3.05) is 91.6 Å². The molecule has 1 saturated carbocycles. The summed E-state index contributed by atoms with van der Waals surface area (Å²) in [7, 11) is 0. The first-order chi connectivity index (χ1) is 35.2. The zero-order valence-corrected chi connectivity index (χ0v) is 43.4. The Morgan fingerprint density at radius 1 is 0.533 bits per heavy atom. The average molecular weight is 1220 g/mol. The molecule has 2 aromatic rings. The van der Waals surface area contributed by atoms with E-state index in [1.54, 1.807) is 14.7 Å². The van der Waals surface area contributed by atoms with Crippen molar-refractivity contribution in [3.8, 4) is 0 Å². The zero-order chi connectivity index (χ0) is 54.2. The summed E-state index contributed by atoms with van der Waals surface area (Å²) >= 11 is 0. The Morgan fingerprint density at radius 2 is 1.03 bits per heavy atom. The Labute approximate surface area is 463 Å². The molecule has 1 radical (unpaired) electrons. The largest absolute Gasteiger partial charge is 0.481 e. The number of aliphatic carboxylic acids is 6. The van der Waals surface area contributed by atoms with Gasteiger partial charge in [0.2, 0.25) is 17.7 Å². The van der Waals surface area contributed by atoms with Crippen LogP contribution in [-0.2, 0) is 49.6 Å². The summed E-state index contributed by atoms with van der Waals surface area (Å²) in [6, 6.07) is 8.44. The van der Waals surface area contributed by atoms with Gasteiger partial charge in [0.1, 0.15) is 18.1 Å². The van der Waals surface area contributed by atoms with Gasteiger partial charge in [-0.05, 0) is 73.6 Å². The van der Waals surface area contributed by atoms with Crippen molar-refractivity contribution in [3.05, 3.63) is 48.0 Å². The number of carbonyl (C=O) groups excluding carboxylic acids is 4. The SMILES string of the molecule is O=C(O)CC[C@H](NC(=O)N[C@@H](CCCCNC(=O)[C@H](Cc1ccc2ccccc2c1)NC(=O)C1CCC(CNC(=O)CN2CCN(CC(=O)O)CCN(CC(=O)O)CCN(CC(=O)O)CC2)CC1)C(=O)O)C(=O)O.[177Lu]. The molecular weight excluding hydrogens is 1150 g/mol. The van der Waals surface area contributed by atoms with Gasteiger partial charge in [0.15, 0.2) is 0 Å². The van der Waals surface area contributed by atoms with Crippen molar-refractivity contribution < 1.29 is 115 Å². The van der Waals surface area contributed by atoms with E-state index in [2.05, 4.69) is 26.6 Å². The maximum Gasteiger partial charge on any atom is 0.326 e. The number of carboxylic acids is 6. The maximum atomic E-state index is 13.8. The molecule has 25 nitrogen and oxygen atoms in total. The number of fused-ring (bicyclic) bond motifs is 1. The van der Waals surface area contributed by atoms with Crippen molar-refractivity contribution in [1.29, 1.82) is 0 Å². The molecular formula is C49H71LuN9O16. The van der Waals surface area contributed by atoms with E-state index in [4.69, 9.17) is 5.11 Å². The Morgan fingerprint density at radius 3 is 1.52 bits per heavy atom. The number of carbonyl (C=O) groups is 10. The first-order valence-corrected chi connectivity index (χ1v) is 24.9. The molecule has 2 fully saturated rings. The van der Waals surface area contributed by atoms with Crippen LogP contribution in [0.15, 0.2) is 42.5 Å². The number of unbranched alkanes of at least 4 members (excludes halogenated alkanes) is 1. The molecule has 423 valence electrons. The number of urea groups is 1. The van der Waals surface area contributed by atoms with Crippen LogP contribution < -0.4 is 26.6 Å². The van der Waals surface area contributed by atoms with Crippen LogP contribution in [-0.4, -0.2) is 220 Å². The van der Waals surface area contributed by atoms with Gasteiger partial charge in [0, 0.05) is 121 Å². The van der Waals surface area contributed by atoms with Gasteiger partial charge in [-0.1, -0.05) is 42.5 Å². The fraction of sp³-hybridized carbons (Fsp3) is 0.592. The molecule has 75 heavy (non-hydrogen) atoms. The summed E-state index contributed by atoms with van der Waals surface area (Å²) in [6.45, 7) is 1.73. The summed E-state index contributed by atoms with van der Waals surface area (Å²) in [6.07, 6.45) is 1.91. The normalized spacial score (nSPS) is 18.5. The summed E-state index contributed by atoms with van der Waals surface area (Å²) in [5, 5.41) is 71.4. The molecule has 0 unspecified atom stereocenters. The van der Waals surface area contributed by atoms with E-state index in [0.717, 1.165) is 16.3 Å². The maximum absolute atomic E-state index is 13.8. The van der Waals surface area contributed by atoms with Crippen molar-refractivity contribution in [2.45, 2.75) is 82.3 Å². The third-order valence-electron chi connectivity index (χ3n) is 13.1. The van der Waals surface area contributed by atoms with Crippen LogP contribution >= 0.6 is 0 Å². The quantitative estimate of drug-likeness (QED) is 0.0508. The van der Waals surface area contributed by atoms with Crippen molar-refractivity contribution in [3.63, 3.8) is 0 Å². The number of benzene rings is 2. The number of rotatable bonds is 27. The van der Waals surface area contributed by atoms with Crippen molar-refractivity contribution in [1.82, 2.24) is 46.2 Å². The molecule has 0 spiro atoms. The topological polar surface area (TPSA) is 365 Å². The van der Waals surface area contributed by atoms with E-state index < -0.39 is 84.6 Å². The van der Waals surface area contributed by atoms with E-state index >= 15 is 0 Å². The third-order valence-corrected chi connectivity index (χ3v) is 13.1. The number of amides is 5. The number of hydrogen-bond donors (Lipinski definition) is 11. The molecule has 0 aromatic heterocycles. The molecule has 26 heteroatoms. The van der Waals surface area contributed by atoms with Gasteiger partial charge < -0.3 is 57.2 Å². The summed E-state index contributed by atoms with van der Waals surface area (Å²) in [4.78, 5) is 129. The smallest absolute Gasteiger partial charge is 0.326 e. The van der Waals surface area contributed by atoms with Gasteiger partial charge in [-0.25, -0.2) is 14.4 Å². The van der Waals surface area contributed by atoms with Gasteiger partial charge in [0.25, 0.3) is 0 Å². The monoisotopic (exact) mass is 1220 g/mol. The number of carboxylic acid groups (broad SMARTS) is 6. The number of nitrogens with one attached hydrogen (secondary N) is 5. The second kappa shape index (κ2) is 33.3. The molecule has 1 heterocycles. The first kappa shape index (κ1) is 63.6. The van der Waals surface area contributed by atoms with Crippen molar-refractivity contribution >= 4 is 70.3 Å². The van der Waals surface area contributed by atoms with Crippen LogP contribution in [0.3, 0.4) is 0 Å². The standard InChI is InChI=1S/C49H71N9O16.Lu/c59-40(28-55-17-19-56(29-42(62)63)21-23-58(31-44(66)67)24-22-57(20-18-55)30-43(64)65)51-27-32-8-12-35(13-9-32)45(68)52-39(26-33-10-11-34-5-1-2-6-36(34)25-33)46(69)50-16-4-3-7-37(47(70)71)53-49(74)54-38(48(72)73)14-15-41(60)61;/h1-2,5-6,10-11,25,32,35,37-39H,3-4,7-9,12-24,26-31H2,(H,50,69)(H,51,59)(H,52,68)(H,60,61)(H,62,63)(H,64,65)(H,66,67)(H,70,71)(H,72,73)(H2,53,54,74);/t32?,35?,37-,38-,39-;/m0./s1/i;1+2. The predicted molar refractivity (Wildman–Crippen MR) is 265 cm³/mol. The van der Waals surface area contributed by atoms with Crippen LogP contribution in [0.4, 0.5) is 4.79 Å². The summed E-state index contributed by atoms with van der Waals surface area (Å²) < 4.78 is 0. The van der Waals surface area contributed by atoms with Crippen LogP contribution in [0.2, 0.25) is 0 Å². The summed E-state index contributed by atoms with van der Waals surface area (Å²) in [5.41, 5.74) is 0.803. The minimum absolute atomic E-state index is 0. The van der Waals surface area contributed by atoms with Gasteiger partial charge >= 0.3 is 41.8 Å². The zero-order valence-electron chi connectivity index (χ0n) is 41.7. The molecule has 5 amide bonds. The van der Waals surface area contributed by atoms with E-state index in [1.165, 1.54) is 0 Å². The molecule has 2 aromatic carbocycles. The molecule has 4 rings (SSSR count). The molecule has 11 N–H and O–H groups in total. The summed E-state index contributed by atoms with van der Waals surface area (Å²) in [5.74, 6) is -8.66.